The van der Waals surface area contributed by atoms with E-state index >= 15 is 0 Å². The minimum atomic E-state index is 0.0475. The van der Waals surface area contributed by atoms with Gasteiger partial charge >= 0.3 is 0 Å². The van der Waals surface area contributed by atoms with Crippen molar-refractivity contribution in [1.29, 1.82) is 0 Å². The predicted octanol–water partition coefficient (Wildman–Crippen LogP) is 2.69. The fraction of sp³-hybridized carbons (Fsp3) is 0.182. The van der Waals surface area contributed by atoms with Gasteiger partial charge in [0.1, 0.15) is 0 Å². The Morgan fingerprint density at radius 1 is 1.33 bits per heavy atom. The molecule has 1 heterocycles. The molecule has 15 heavy (non-hydrogen) atoms. The van der Waals surface area contributed by atoms with Crippen LogP contribution in [0.1, 0.15) is 6.92 Å². The Bertz CT molecular complexity index is 453. The molecule has 1 aromatic carbocycles. The predicted molar refractivity (Wildman–Crippen MR) is 61.6 cm³/mol. The Hall–Kier alpha value is -1.42. The monoisotopic (exact) mass is 220 g/mol. The number of hydrogen-bond acceptors (Lipinski definition) is 3. The van der Waals surface area contributed by atoms with E-state index in [0.29, 0.717) is 0 Å². The molecule has 0 aliphatic carbocycles. The number of thioether (sulfide) groups is 1. The van der Waals surface area contributed by atoms with E-state index in [9.17, 15) is 5.11 Å². The maximum absolute atomic E-state index is 9.20. The summed E-state index contributed by atoms with van der Waals surface area (Å²) >= 11 is 1.76. The van der Waals surface area contributed by atoms with Crippen LogP contribution < -0.4 is 0 Å². The van der Waals surface area contributed by atoms with E-state index in [-0.39, 0.29) is 5.88 Å². The summed E-state index contributed by atoms with van der Waals surface area (Å²) in [5.41, 5.74) is 1.00. The van der Waals surface area contributed by atoms with Gasteiger partial charge in [0.25, 0.3) is 0 Å². The van der Waals surface area contributed by atoms with Crippen molar-refractivity contribution < 1.29 is 5.11 Å². The maximum atomic E-state index is 9.20. The molecule has 0 spiro atoms. The van der Waals surface area contributed by atoms with Crippen molar-refractivity contribution in [3.8, 4) is 11.6 Å². The lowest BCUT2D eigenvalue weighted by atomic mass is 10.3. The molecule has 0 radical (unpaired) electrons. The molecule has 0 fully saturated rings. The molecule has 0 saturated carbocycles. The van der Waals surface area contributed by atoms with Gasteiger partial charge in [0, 0.05) is 17.2 Å². The normalized spacial score (nSPS) is 10.5. The number of aromatic nitrogens is 2. The van der Waals surface area contributed by atoms with Crippen molar-refractivity contribution in [2.75, 3.05) is 5.75 Å². The van der Waals surface area contributed by atoms with Crippen molar-refractivity contribution in [2.45, 2.75) is 11.8 Å². The van der Waals surface area contributed by atoms with Gasteiger partial charge in [-0.2, -0.15) is 0 Å². The van der Waals surface area contributed by atoms with Crippen molar-refractivity contribution in [3.05, 3.63) is 36.5 Å². The van der Waals surface area contributed by atoms with E-state index in [1.165, 1.54) is 4.90 Å². The van der Waals surface area contributed by atoms with Crippen LogP contribution in [0.25, 0.3) is 5.69 Å². The zero-order valence-corrected chi connectivity index (χ0v) is 9.24. The van der Waals surface area contributed by atoms with Crippen LogP contribution in [-0.2, 0) is 0 Å². The molecule has 2 aromatic rings. The van der Waals surface area contributed by atoms with Gasteiger partial charge in [0.2, 0.25) is 5.88 Å². The smallest absolute Gasteiger partial charge is 0.230 e. The first kappa shape index (κ1) is 10.1. The molecule has 0 aliphatic rings. The second-order valence-corrected chi connectivity index (χ2v) is 4.33. The van der Waals surface area contributed by atoms with Crippen LogP contribution in [0, 0.1) is 0 Å². The first-order valence-electron chi connectivity index (χ1n) is 4.78. The van der Waals surface area contributed by atoms with E-state index in [4.69, 9.17) is 0 Å². The van der Waals surface area contributed by atoms with Crippen molar-refractivity contribution in [2.24, 2.45) is 0 Å². The summed E-state index contributed by atoms with van der Waals surface area (Å²) in [5, 5.41) is 13.2. The average molecular weight is 220 g/mol. The molecule has 3 nitrogen and oxygen atoms in total. The third-order valence-electron chi connectivity index (χ3n) is 1.99. The van der Waals surface area contributed by atoms with Crippen LogP contribution in [0.2, 0.25) is 0 Å². The highest BCUT2D eigenvalue weighted by molar-refractivity contribution is 7.99. The zero-order valence-electron chi connectivity index (χ0n) is 8.42. The topological polar surface area (TPSA) is 38.0 Å². The first-order valence-corrected chi connectivity index (χ1v) is 5.76. The van der Waals surface area contributed by atoms with Crippen molar-refractivity contribution in [3.63, 3.8) is 0 Å². The zero-order chi connectivity index (χ0) is 10.7. The van der Waals surface area contributed by atoms with Crippen LogP contribution in [0.15, 0.2) is 41.4 Å². The second-order valence-electron chi connectivity index (χ2n) is 3.02. The summed E-state index contributed by atoms with van der Waals surface area (Å²) in [7, 11) is 0. The second kappa shape index (κ2) is 4.40. The van der Waals surface area contributed by atoms with E-state index < -0.39 is 0 Å². The fourth-order valence-corrected chi connectivity index (χ4v) is 2.17. The van der Waals surface area contributed by atoms with Gasteiger partial charge in [0.05, 0.1) is 5.69 Å². The first-order chi connectivity index (χ1) is 7.31. The molecule has 0 atom stereocenters. The fourth-order valence-electron chi connectivity index (χ4n) is 1.37. The minimum absolute atomic E-state index is 0.0475. The summed E-state index contributed by atoms with van der Waals surface area (Å²) in [6.45, 7) is 2.11. The van der Waals surface area contributed by atoms with Crippen LogP contribution in [0.3, 0.4) is 0 Å². The Morgan fingerprint density at radius 2 is 2.13 bits per heavy atom. The van der Waals surface area contributed by atoms with E-state index in [1.807, 2.05) is 18.2 Å². The molecule has 0 aliphatic heterocycles. The van der Waals surface area contributed by atoms with Crippen LogP contribution in [0.5, 0.6) is 5.88 Å². The van der Waals surface area contributed by atoms with E-state index in [0.717, 1.165) is 11.4 Å². The van der Waals surface area contributed by atoms with Gasteiger partial charge in [-0.05, 0) is 17.9 Å². The lowest BCUT2D eigenvalue weighted by Crippen LogP contribution is -1.96. The minimum Gasteiger partial charge on any atom is -0.492 e. The van der Waals surface area contributed by atoms with Crippen LogP contribution in [0.4, 0.5) is 0 Å². The van der Waals surface area contributed by atoms with Gasteiger partial charge < -0.3 is 5.11 Å². The summed E-state index contributed by atoms with van der Waals surface area (Å²) in [6.07, 6.45) is 1.75. The SMILES string of the molecule is CCSc1ccccc1-n1ccc(O)n1. The molecule has 78 valence electrons. The Labute approximate surface area is 92.7 Å². The highest BCUT2D eigenvalue weighted by Gasteiger charge is 2.04. The summed E-state index contributed by atoms with van der Waals surface area (Å²) in [5.74, 6) is 1.07. The summed E-state index contributed by atoms with van der Waals surface area (Å²) in [6, 6.07) is 9.60. The van der Waals surface area contributed by atoms with Crippen LogP contribution in [-0.4, -0.2) is 20.6 Å². The van der Waals surface area contributed by atoms with Gasteiger partial charge in [-0.15, -0.1) is 16.9 Å². The highest BCUT2D eigenvalue weighted by Crippen LogP contribution is 2.25. The molecule has 0 unspecified atom stereocenters. The van der Waals surface area contributed by atoms with E-state index in [1.54, 1.807) is 28.7 Å². The largest absolute Gasteiger partial charge is 0.492 e. The van der Waals surface area contributed by atoms with Gasteiger partial charge in [0.15, 0.2) is 0 Å². The van der Waals surface area contributed by atoms with Gasteiger partial charge in [-0.25, -0.2) is 4.68 Å². The lowest BCUT2D eigenvalue weighted by molar-refractivity contribution is 0.447. The number of hydrogen-bond donors (Lipinski definition) is 1. The van der Waals surface area contributed by atoms with Crippen molar-refractivity contribution in [1.82, 2.24) is 9.78 Å². The van der Waals surface area contributed by atoms with Gasteiger partial charge in [-0.1, -0.05) is 19.1 Å². The average Bonchev–Trinajstić information content (AvgIpc) is 2.66. The Kier molecular flexibility index (Phi) is 2.97. The number of benzene rings is 1. The lowest BCUT2D eigenvalue weighted by Gasteiger charge is -2.07. The molecule has 1 N–H and O–H groups in total. The quantitative estimate of drug-likeness (QED) is 0.808. The molecule has 1 aromatic heterocycles. The summed E-state index contributed by atoms with van der Waals surface area (Å²) in [4.78, 5) is 1.17. The summed E-state index contributed by atoms with van der Waals surface area (Å²) < 4.78 is 1.69. The molecule has 0 amide bonds. The molecule has 0 saturated heterocycles. The van der Waals surface area contributed by atoms with Crippen LogP contribution >= 0.6 is 11.8 Å². The Morgan fingerprint density at radius 3 is 2.80 bits per heavy atom. The Balaban J connectivity index is 2.42. The molecular formula is C11H12N2OS. The number of para-hydroxylation sites is 1. The maximum Gasteiger partial charge on any atom is 0.230 e. The van der Waals surface area contributed by atoms with Crippen molar-refractivity contribution >= 4 is 11.8 Å². The molecule has 2 rings (SSSR count). The molecular weight excluding hydrogens is 208 g/mol. The number of nitrogens with zero attached hydrogens (tertiary/aromatic N) is 2. The third kappa shape index (κ3) is 2.15. The standard InChI is InChI=1S/C11H12N2OS/c1-2-15-10-6-4-3-5-9(10)13-8-7-11(14)12-13/h3-8H,2H2,1H3,(H,12,14). The van der Waals surface area contributed by atoms with Gasteiger partial charge in [-0.3, -0.25) is 0 Å². The number of aromatic hydroxyl groups is 1. The highest BCUT2D eigenvalue weighted by atomic mass is 32.2. The molecule has 4 heteroatoms. The van der Waals surface area contributed by atoms with E-state index in [2.05, 4.69) is 18.1 Å². The third-order valence-corrected chi connectivity index (χ3v) is 2.93. The number of rotatable bonds is 3. The molecule has 0 bridgehead atoms.